The largest absolute Gasteiger partial charge is 0.457 e. The lowest BCUT2D eigenvalue weighted by Crippen LogP contribution is -2.47. The van der Waals surface area contributed by atoms with Crippen molar-refractivity contribution in [2.24, 2.45) is 0 Å². The summed E-state index contributed by atoms with van der Waals surface area (Å²) >= 11 is 0. The molecule has 0 unspecified atom stereocenters. The van der Waals surface area contributed by atoms with Crippen LogP contribution >= 0.6 is 0 Å². The third-order valence-corrected chi connectivity index (χ3v) is 7.35. The summed E-state index contributed by atoms with van der Waals surface area (Å²) in [5.74, 6) is 2.05. The molecule has 0 radical (unpaired) electrons. The summed E-state index contributed by atoms with van der Waals surface area (Å²) in [6.07, 6.45) is 5.39. The molecule has 5 rings (SSSR count). The molecule has 186 valence electrons. The first-order chi connectivity index (χ1) is 17.4. The minimum Gasteiger partial charge on any atom is -0.457 e. The molecule has 36 heavy (non-hydrogen) atoms. The molecule has 11 heteroatoms. The van der Waals surface area contributed by atoms with Gasteiger partial charge in [-0.1, -0.05) is 18.2 Å². The maximum atomic E-state index is 12.9. The minimum atomic E-state index is -3.21. The SMILES string of the molecule is CS(=O)(=O)N1CCC(NC(=O)n2ccc3c(Nc4ccc(Oc5ccccc5)cc4)ncnc32)CC1. The highest BCUT2D eigenvalue weighted by atomic mass is 32.2. The van der Waals surface area contributed by atoms with Crippen molar-refractivity contribution < 1.29 is 17.9 Å². The number of rotatable bonds is 6. The third kappa shape index (κ3) is 5.31. The summed E-state index contributed by atoms with van der Waals surface area (Å²) in [5, 5.41) is 6.96. The molecule has 0 spiro atoms. The van der Waals surface area contributed by atoms with E-state index in [2.05, 4.69) is 20.6 Å². The molecule has 1 fully saturated rings. The van der Waals surface area contributed by atoms with Gasteiger partial charge in [0, 0.05) is 31.0 Å². The number of benzene rings is 2. The molecule has 10 nitrogen and oxygen atoms in total. The smallest absolute Gasteiger partial charge is 0.327 e. The molecule has 0 atom stereocenters. The highest BCUT2D eigenvalue weighted by Crippen LogP contribution is 2.27. The van der Waals surface area contributed by atoms with Crippen LogP contribution in [0.1, 0.15) is 12.8 Å². The second-order valence-electron chi connectivity index (χ2n) is 8.60. The van der Waals surface area contributed by atoms with Gasteiger partial charge in [-0.05, 0) is 55.3 Å². The predicted octanol–water partition coefficient (Wildman–Crippen LogP) is 3.95. The molecule has 1 aliphatic heterocycles. The number of hydrogen-bond donors (Lipinski definition) is 2. The molecule has 1 aliphatic rings. The summed E-state index contributed by atoms with van der Waals surface area (Å²) in [4.78, 5) is 21.6. The first-order valence-electron chi connectivity index (χ1n) is 11.5. The number of sulfonamides is 1. The van der Waals surface area contributed by atoms with Crippen molar-refractivity contribution in [1.82, 2.24) is 24.2 Å². The van der Waals surface area contributed by atoms with Crippen molar-refractivity contribution in [3.63, 3.8) is 0 Å². The van der Waals surface area contributed by atoms with Gasteiger partial charge in [0.25, 0.3) is 0 Å². The summed E-state index contributed by atoms with van der Waals surface area (Å²) in [7, 11) is -3.21. The lowest BCUT2D eigenvalue weighted by Gasteiger charge is -2.30. The third-order valence-electron chi connectivity index (χ3n) is 6.05. The molecule has 1 saturated heterocycles. The summed E-state index contributed by atoms with van der Waals surface area (Å²) in [6, 6.07) is 18.4. The fourth-order valence-corrected chi connectivity index (χ4v) is 5.03. The summed E-state index contributed by atoms with van der Waals surface area (Å²) < 4.78 is 32.1. The molecule has 0 saturated carbocycles. The number of piperidine rings is 1. The zero-order valence-corrected chi connectivity index (χ0v) is 20.5. The Labute approximate surface area is 209 Å². The molecule has 2 aromatic carbocycles. The van der Waals surface area contributed by atoms with E-state index in [9.17, 15) is 13.2 Å². The number of carbonyl (C=O) groups is 1. The van der Waals surface area contributed by atoms with Crippen LogP contribution in [0.4, 0.5) is 16.3 Å². The minimum absolute atomic E-state index is 0.107. The van der Waals surface area contributed by atoms with E-state index in [-0.39, 0.29) is 12.1 Å². The van der Waals surface area contributed by atoms with Gasteiger partial charge >= 0.3 is 6.03 Å². The Bertz CT molecular complexity index is 1460. The number of amides is 1. The van der Waals surface area contributed by atoms with Crippen molar-refractivity contribution >= 4 is 38.6 Å². The van der Waals surface area contributed by atoms with Crippen LogP contribution in [0, 0.1) is 0 Å². The van der Waals surface area contributed by atoms with Crippen LogP contribution < -0.4 is 15.4 Å². The summed E-state index contributed by atoms with van der Waals surface area (Å²) in [5.41, 5.74) is 1.29. The number of para-hydroxylation sites is 1. The van der Waals surface area contributed by atoms with Crippen molar-refractivity contribution in [1.29, 1.82) is 0 Å². The Hall–Kier alpha value is -3.96. The number of fused-ring (bicyclic) bond motifs is 1. The fourth-order valence-electron chi connectivity index (χ4n) is 4.16. The van der Waals surface area contributed by atoms with Crippen LogP contribution in [0.3, 0.4) is 0 Å². The maximum Gasteiger partial charge on any atom is 0.327 e. The van der Waals surface area contributed by atoms with E-state index < -0.39 is 10.0 Å². The van der Waals surface area contributed by atoms with Gasteiger partial charge in [-0.15, -0.1) is 0 Å². The molecule has 2 N–H and O–H groups in total. The van der Waals surface area contributed by atoms with E-state index in [1.807, 2.05) is 54.6 Å². The highest BCUT2D eigenvalue weighted by molar-refractivity contribution is 7.88. The van der Waals surface area contributed by atoms with Crippen LogP contribution in [-0.4, -0.2) is 58.7 Å². The molecular formula is C25H26N6O4S. The van der Waals surface area contributed by atoms with Crippen molar-refractivity contribution in [3.05, 3.63) is 73.2 Å². The first kappa shape index (κ1) is 23.8. The molecule has 0 aliphatic carbocycles. The second-order valence-corrected chi connectivity index (χ2v) is 10.6. The van der Waals surface area contributed by atoms with Gasteiger partial charge in [0.1, 0.15) is 23.6 Å². The molecule has 0 bridgehead atoms. The van der Waals surface area contributed by atoms with Crippen LogP contribution in [0.15, 0.2) is 73.2 Å². The van der Waals surface area contributed by atoms with Gasteiger partial charge in [0.05, 0.1) is 11.6 Å². The number of hydrogen-bond acceptors (Lipinski definition) is 7. The zero-order chi connectivity index (χ0) is 25.1. The van der Waals surface area contributed by atoms with Crippen LogP contribution in [0.2, 0.25) is 0 Å². The fraction of sp³-hybridized carbons (Fsp3) is 0.240. The van der Waals surface area contributed by atoms with Crippen LogP contribution in [-0.2, 0) is 10.0 Å². The topological polar surface area (TPSA) is 118 Å². The van der Waals surface area contributed by atoms with Crippen molar-refractivity contribution in [2.45, 2.75) is 18.9 Å². The van der Waals surface area contributed by atoms with Gasteiger partial charge in [0.15, 0.2) is 5.65 Å². The van der Waals surface area contributed by atoms with E-state index in [4.69, 9.17) is 4.74 Å². The normalized spacial score (nSPS) is 15.0. The summed E-state index contributed by atoms with van der Waals surface area (Å²) in [6.45, 7) is 0.781. The highest BCUT2D eigenvalue weighted by Gasteiger charge is 2.26. The number of nitrogens with zero attached hydrogens (tertiary/aromatic N) is 4. The van der Waals surface area contributed by atoms with Crippen molar-refractivity contribution in [2.75, 3.05) is 24.7 Å². The van der Waals surface area contributed by atoms with Gasteiger partial charge in [-0.3, -0.25) is 4.57 Å². The van der Waals surface area contributed by atoms with E-state index in [0.717, 1.165) is 11.4 Å². The Morgan fingerprint density at radius 3 is 2.36 bits per heavy atom. The molecule has 2 aromatic heterocycles. The van der Waals surface area contributed by atoms with Gasteiger partial charge in [-0.25, -0.2) is 27.5 Å². The first-order valence-corrected chi connectivity index (χ1v) is 13.4. The lowest BCUT2D eigenvalue weighted by atomic mass is 10.1. The molecule has 4 aromatic rings. The number of aromatic nitrogens is 3. The lowest BCUT2D eigenvalue weighted by molar-refractivity contribution is 0.230. The molecule has 3 heterocycles. The molecule has 1 amide bonds. The standard InChI is InChI=1S/C25H26N6O4S/c1-36(33,34)30-14-11-19(12-15-30)29-25(32)31-16-13-22-23(26-17-27-24(22)31)28-18-7-9-21(10-8-18)35-20-5-3-2-4-6-20/h2-10,13,16-17,19H,11-12,14-15H2,1H3,(H,29,32)(H,26,27,28). The Kier molecular flexibility index (Phi) is 6.57. The average molecular weight is 507 g/mol. The van der Waals surface area contributed by atoms with Gasteiger partial charge in [-0.2, -0.15) is 0 Å². The van der Waals surface area contributed by atoms with Crippen molar-refractivity contribution in [3.8, 4) is 11.5 Å². The number of nitrogens with one attached hydrogen (secondary N) is 2. The predicted molar refractivity (Wildman–Crippen MR) is 137 cm³/mol. The molecular weight excluding hydrogens is 480 g/mol. The van der Waals surface area contributed by atoms with Crippen LogP contribution in [0.5, 0.6) is 11.5 Å². The van der Waals surface area contributed by atoms with Crippen LogP contribution in [0.25, 0.3) is 11.0 Å². The Morgan fingerprint density at radius 2 is 1.67 bits per heavy atom. The number of anilines is 2. The van der Waals surface area contributed by atoms with E-state index in [1.165, 1.54) is 21.5 Å². The quantitative estimate of drug-likeness (QED) is 0.406. The number of ether oxygens (including phenoxy) is 1. The monoisotopic (exact) mass is 506 g/mol. The van der Waals surface area contributed by atoms with Gasteiger partial charge in [0.2, 0.25) is 10.0 Å². The average Bonchev–Trinajstić information content (AvgIpc) is 3.31. The maximum absolute atomic E-state index is 12.9. The Balaban J connectivity index is 1.26. The van der Waals surface area contributed by atoms with E-state index in [0.29, 0.717) is 48.5 Å². The van der Waals surface area contributed by atoms with E-state index in [1.54, 1.807) is 12.3 Å². The van der Waals surface area contributed by atoms with E-state index >= 15 is 0 Å². The number of carbonyl (C=O) groups excluding carboxylic acids is 1. The van der Waals surface area contributed by atoms with Gasteiger partial charge < -0.3 is 15.4 Å². The zero-order valence-electron chi connectivity index (χ0n) is 19.7. The Morgan fingerprint density at radius 1 is 0.972 bits per heavy atom. The second kappa shape index (κ2) is 9.96.